The largest absolute Gasteiger partial charge is 0.496 e. The van der Waals surface area contributed by atoms with Crippen LogP contribution >= 0.6 is 0 Å². The lowest BCUT2D eigenvalue weighted by Gasteiger charge is -2.20. The summed E-state index contributed by atoms with van der Waals surface area (Å²) in [6.45, 7) is 5.84. The van der Waals surface area contributed by atoms with Crippen molar-refractivity contribution in [3.63, 3.8) is 0 Å². The van der Waals surface area contributed by atoms with Crippen LogP contribution in [0.1, 0.15) is 44.6 Å². The van der Waals surface area contributed by atoms with Crippen LogP contribution < -0.4 is 24.8 Å². The first-order valence-corrected chi connectivity index (χ1v) is 11.2. The highest BCUT2D eigenvalue weighted by molar-refractivity contribution is 5.79. The van der Waals surface area contributed by atoms with Gasteiger partial charge in [0.05, 0.1) is 21.3 Å². The number of hydrogen-bond acceptors (Lipinski definition) is 5. The van der Waals surface area contributed by atoms with Gasteiger partial charge in [0.25, 0.3) is 0 Å². The standard InChI is InChI=1S/C23H38N4O4/c1-5-24-23(25-12-9-15-27-14-8-6-7-10-22(27)28)26-13-11-19-20(30-3)16-18(29-2)17-21(19)31-4/h16-17H,5-15H2,1-4H3,(H2,24,25,26). The minimum atomic E-state index is 0.286. The van der Waals surface area contributed by atoms with Crippen LogP contribution in [0.2, 0.25) is 0 Å². The number of nitrogens with one attached hydrogen (secondary N) is 2. The topological polar surface area (TPSA) is 84.4 Å². The van der Waals surface area contributed by atoms with Gasteiger partial charge < -0.3 is 29.7 Å². The number of benzene rings is 1. The highest BCUT2D eigenvalue weighted by atomic mass is 16.5. The molecule has 1 aliphatic rings. The molecule has 0 saturated carbocycles. The molecule has 8 nitrogen and oxygen atoms in total. The summed E-state index contributed by atoms with van der Waals surface area (Å²) in [5.74, 6) is 3.23. The van der Waals surface area contributed by atoms with Gasteiger partial charge in [-0.25, -0.2) is 0 Å². The van der Waals surface area contributed by atoms with Gasteiger partial charge in [-0.3, -0.25) is 9.79 Å². The molecule has 0 unspecified atom stereocenters. The van der Waals surface area contributed by atoms with Crippen molar-refractivity contribution in [3.05, 3.63) is 17.7 Å². The lowest BCUT2D eigenvalue weighted by molar-refractivity contribution is -0.130. The molecule has 0 aromatic heterocycles. The Bertz CT molecular complexity index is 699. The van der Waals surface area contributed by atoms with Crippen LogP contribution in [-0.2, 0) is 11.2 Å². The van der Waals surface area contributed by atoms with Gasteiger partial charge >= 0.3 is 0 Å². The fourth-order valence-corrected chi connectivity index (χ4v) is 3.70. The fraction of sp³-hybridized carbons (Fsp3) is 0.652. The smallest absolute Gasteiger partial charge is 0.222 e. The molecule has 1 fully saturated rings. The molecule has 1 amide bonds. The molecule has 0 atom stereocenters. The Morgan fingerprint density at radius 1 is 1.06 bits per heavy atom. The van der Waals surface area contributed by atoms with E-state index in [1.54, 1.807) is 21.3 Å². The summed E-state index contributed by atoms with van der Waals surface area (Å²) < 4.78 is 16.4. The fourth-order valence-electron chi connectivity index (χ4n) is 3.70. The lowest BCUT2D eigenvalue weighted by atomic mass is 10.1. The maximum atomic E-state index is 12.1. The van der Waals surface area contributed by atoms with Crippen molar-refractivity contribution < 1.29 is 19.0 Å². The minimum Gasteiger partial charge on any atom is -0.496 e. The second-order valence-electron chi connectivity index (χ2n) is 7.49. The lowest BCUT2D eigenvalue weighted by Crippen LogP contribution is -2.38. The van der Waals surface area contributed by atoms with E-state index in [9.17, 15) is 4.79 Å². The second kappa shape index (κ2) is 13.6. The van der Waals surface area contributed by atoms with Crippen LogP contribution in [0.15, 0.2) is 17.1 Å². The van der Waals surface area contributed by atoms with E-state index >= 15 is 0 Å². The predicted octanol–water partition coefficient (Wildman–Crippen LogP) is 2.60. The van der Waals surface area contributed by atoms with Crippen molar-refractivity contribution in [2.45, 2.75) is 45.4 Å². The van der Waals surface area contributed by atoms with Gasteiger partial charge in [0.1, 0.15) is 17.2 Å². The maximum Gasteiger partial charge on any atom is 0.222 e. The summed E-state index contributed by atoms with van der Waals surface area (Å²) >= 11 is 0. The molecule has 1 heterocycles. The summed E-state index contributed by atoms with van der Waals surface area (Å²) in [4.78, 5) is 18.8. The van der Waals surface area contributed by atoms with Gasteiger partial charge in [0.15, 0.2) is 5.96 Å². The number of carbonyl (C=O) groups is 1. The van der Waals surface area contributed by atoms with Crippen molar-refractivity contribution in [2.24, 2.45) is 4.99 Å². The van der Waals surface area contributed by atoms with Crippen LogP contribution in [0.3, 0.4) is 0 Å². The number of amides is 1. The third kappa shape index (κ3) is 7.84. The van der Waals surface area contributed by atoms with Crippen molar-refractivity contribution in [3.8, 4) is 17.2 Å². The van der Waals surface area contributed by atoms with E-state index in [0.717, 1.165) is 68.3 Å². The number of nitrogens with zero attached hydrogens (tertiary/aromatic N) is 2. The Hall–Kier alpha value is -2.64. The molecular formula is C23H38N4O4. The Morgan fingerprint density at radius 3 is 2.45 bits per heavy atom. The van der Waals surface area contributed by atoms with Crippen LogP contribution in [0.25, 0.3) is 0 Å². The van der Waals surface area contributed by atoms with Crippen molar-refractivity contribution in [2.75, 3.05) is 54.1 Å². The zero-order valence-electron chi connectivity index (χ0n) is 19.5. The van der Waals surface area contributed by atoms with Gasteiger partial charge in [0.2, 0.25) is 5.91 Å². The average Bonchev–Trinajstić information content (AvgIpc) is 3.00. The highest BCUT2D eigenvalue weighted by Crippen LogP contribution is 2.34. The van der Waals surface area contributed by atoms with E-state index < -0.39 is 0 Å². The minimum absolute atomic E-state index is 0.286. The summed E-state index contributed by atoms with van der Waals surface area (Å²) in [6.07, 6.45) is 5.54. The van der Waals surface area contributed by atoms with E-state index in [0.29, 0.717) is 31.7 Å². The molecule has 1 aromatic rings. The van der Waals surface area contributed by atoms with E-state index in [1.807, 2.05) is 24.0 Å². The first-order valence-electron chi connectivity index (χ1n) is 11.2. The Labute approximate surface area is 186 Å². The summed E-state index contributed by atoms with van der Waals surface area (Å²) in [7, 11) is 4.91. The van der Waals surface area contributed by atoms with E-state index in [4.69, 9.17) is 14.2 Å². The molecule has 8 heteroatoms. The average molecular weight is 435 g/mol. The van der Waals surface area contributed by atoms with E-state index in [1.165, 1.54) is 0 Å². The van der Waals surface area contributed by atoms with Crippen LogP contribution in [0.4, 0.5) is 0 Å². The van der Waals surface area contributed by atoms with Gasteiger partial charge in [-0.2, -0.15) is 0 Å². The molecule has 0 radical (unpaired) electrons. The summed E-state index contributed by atoms with van der Waals surface area (Å²) in [6, 6.07) is 3.72. The molecule has 1 saturated heterocycles. The number of likely N-dealkylation sites (tertiary alicyclic amines) is 1. The van der Waals surface area contributed by atoms with E-state index in [-0.39, 0.29) is 5.91 Å². The van der Waals surface area contributed by atoms with Gasteiger partial charge in [-0.1, -0.05) is 6.42 Å². The van der Waals surface area contributed by atoms with Gasteiger partial charge in [0, 0.05) is 56.8 Å². The first-order chi connectivity index (χ1) is 15.1. The van der Waals surface area contributed by atoms with Crippen molar-refractivity contribution in [1.82, 2.24) is 15.5 Å². The highest BCUT2D eigenvalue weighted by Gasteiger charge is 2.16. The molecule has 174 valence electrons. The number of guanidine groups is 1. The number of ether oxygens (including phenoxy) is 3. The molecule has 2 N–H and O–H groups in total. The molecule has 2 rings (SSSR count). The second-order valence-corrected chi connectivity index (χ2v) is 7.49. The predicted molar refractivity (Wildman–Crippen MR) is 123 cm³/mol. The van der Waals surface area contributed by atoms with Crippen LogP contribution in [0.5, 0.6) is 17.2 Å². The SMILES string of the molecule is CCNC(=NCCCN1CCCCCC1=O)NCCc1c(OC)cc(OC)cc1OC. The molecule has 0 bridgehead atoms. The van der Waals surface area contributed by atoms with E-state index in [2.05, 4.69) is 15.6 Å². The summed E-state index contributed by atoms with van der Waals surface area (Å²) in [5.41, 5.74) is 0.980. The monoisotopic (exact) mass is 434 g/mol. The maximum absolute atomic E-state index is 12.1. The van der Waals surface area contributed by atoms with Gasteiger partial charge in [-0.05, 0) is 32.6 Å². The number of aliphatic imine (C=N–C) groups is 1. The van der Waals surface area contributed by atoms with Gasteiger partial charge in [-0.15, -0.1) is 0 Å². The molecular weight excluding hydrogens is 396 g/mol. The Balaban J connectivity index is 1.88. The van der Waals surface area contributed by atoms with Crippen LogP contribution in [0, 0.1) is 0 Å². The Kier molecular flexibility index (Phi) is 10.8. The summed E-state index contributed by atoms with van der Waals surface area (Å²) in [5, 5.41) is 6.65. The quantitative estimate of drug-likeness (QED) is 0.316. The van der Waals surface area contributed by atoms with Crippen molar-refractivity contribution >= 4 is 11.9 Å². The normalized spacial score (nSPS) is 14.8. The first kappa shape index (κ1) is 24.6. The molecule has 31 heavy (non-hydrogen) atoms. The molecule has 1 aliphatic heterocycles. The Morgan fingerprint density at radius 2 is 1.81 bits per heavy atom. The number of carbonyl (C=O) groups excluding carboxylic acids is 1. The molecule has 0 spiro atoms. The van der Waals surface area contributed by atoms with Crippen LogP contribution in [-0.4, -0.2) is 70.8 Å². The molecule has 0 aliphatic carbocycles. The third-order valence-electron chi connectivity index (χ3n) is 5.36. The molecule has 1 aromatic carbocycles. The van der Waals surface area contributed by atoms with Crippen molar-refractivity contribution in [1.29, 1.82) is 0 Å². The number of methoxy groups -OCH3 is 3. The number of hydrogen-bond donors (Lipinski definition) is 2. The zero-order valence-corrected chi connectivity index (χ0v) is 19.5. The number of rotatable bonds is 11. The zero-order chi connectivity index (χ0) is 22.5. The third-order valence-corrected chi connectivity index (χ3v) is 5.36.